The van der Waals surface area contributed by atoms with Crippen LogP contribution in [0.1, 0.15) is 36.5 Å². The number of rotatable bonds is 9. The molecule has 116 valence electrons. The molecule has 1 aromatic carbocycles. The largest absolute Gasteiger partial charge is 0.382 e. The standard InChI is InChI=1S/C16H23FN2O2/c1-2-8-18-15-13(4-3-5-14(15)17)16(20)19-9-10-21-11-12-6-7-12/h3-5,12,18H,2,6-11H2,1H3,(H,19,20). The molecule has 1 amide bonds. The number of ether oxygens (including phenoxy) is 1. The van der Waals surface area contributed by atoms with Crippen LogP contribution in [0.15, 0.2) is 18.2 Å². The third-order valence-electron chi connectivity index (χ3n) is 3.39. The summed E-state index contributed by atoms with van der Waals surface area (Å²) in [5.41, 5.74) is 0.612. The molecule has 1 saturated carbocycles. The molecule has 1 aliphatic carbocycles. The van der Waals surface area contributed by atoms with Gasteiger partial charge in [0.2, 0.25) is 0 Å². The van der Waals surface area contributed by atoms with Gasteiger partial charge in [0.15, 0.2) is 0 Å². The van der Waals surface area contributed by atoms with Crippen LogP contribution in [-0.4, -0.2) is 32.2 Å². The Morgan fingerprint density at radius 1 is 1.38 bits per heavy atom. The first-order valence-corrected chi connectivity index (χ1v) is 7.60. The van der Waals surface area contributed by atoms with E-state index >= 15 is 0 Å². The van der Waals surface area contributed by atoms with E-state index in [1.165, 1.54) is 18.9 Å². The number of halogens is 1. The van der Waals surface area contributed by atoms with Gasteiger partial charge in [-0.3, -0.25) is 4.79 Å². The molecular weight excluding hydrogens is 271 g/mol. The van der Waals surface area contributed by atoms with E-state index in [0.717, 1.165) is 13.0 Å². The third-order valence-corrected chi connectivity index (χ3v) is 3.39. The molecule has 0 aliphatic heterocycles. The number of amides is 1. The summed E-state index contributed by atoms with van der Waals surface area (Å²) in [5, 5.41) is 5.74. The Kier molecular flexibility index (Phi) is 5.99. The van der Waals surface area contributed by atoms with Crippen LogP contribution in [0, 0.1) is 11.7 Å². The van der Waals surface area contributed by atoms with Gasteiger partial charge in [0.1, 0.15) is 5.82 Å². The fraction of sp³-hybridized carbons (Fsp3) is 0.562. The summed E-state index contributed by atoms with van der Waals surface area (Å²) in [6.07, 6.45) is 3.37. The van der Waals surface area contributed by atoms with Crippen LogP contribution < -0.4 is 10.6 Å². The molecule has 5 heteroatoms. The second-order valence-electron chi connectivity index (χ2n) is 5.36. The number of hydrogen-bond donors (Lipinski definition) is 2. The van der Waals surface area contributed by atoms with Gasteiger partial charge in [0.05, 0.1) is 17.9 Å². The highest BCUT2D eigenvalue weighted by Gasteiger charge is 2.21. The van der Waals surface area contributed by atoms with Crippen molar-refractivity contribution < 1.29 is 13.9 Å². The van der Waals surface area contributed by atoms with Gasteiger partial charge in [0, 0.05) is 19.7 Å². The Morgan fingerprint density at radius 3 is 2.90 bits per heavy atom. The van der Waals surface area contributed by atoms with Crippen molar-refractivity contribution in [3.8, 4) is 0 Å². The SMILES string of the molecule is CCCNc1c(F)cccc1C(=O)NCCOCC1CC1. The highest BCUT2D eigenvalue weighted by Crippen LogP contribution is 2.28. The summed E-state index contributed by atoms with van der Waals surface area (Å²) < 4.78 is 19.3. The molecule has 0 radical (unpaired) electrons. The Bertz CT molecular complexity index is 475. The fourth-order valence-electron chi connectivity index (χ4n) is 2.01. The topological polar surface area (TPSA) is 50.4 Å². The number of hydrogen-bond acceptors (Lipinski definition) is 3. The lowest BCUT2D eigenvalue weighted by molar-refractivity contribution is 0.0907. The van der Waals surface area contributed by atoms with Gasteiger partial charge in [0.25, 0.3) is 5.91 Å². The van der Waals surface area contributed by atoms with Gasteiger partial charge in [-0.05, 0) is 37.3 Å². The maximum Gasteiger partial charge on any atom is 0.253 e. The molecule has 0 saturated heterocycles. The average molecular weight is 294 g/mol. The first kappa shape index (κ1) is 15.8. The fourth-order valence-corrected chi connectivity index (χ4v) is 2.01. The Labute approximate surface area is 125 Å². The van der Waals surface area contributed by atoms with Crippen molar-refractivity contribution >= 4 is 11.6 Å². The van der Waals surface area contributed by atoms with Crippen LogP contribution in [0.4, 0.5) is 10.1 Å². The molecule has 1 aliphatic rings. The van der Waals surface area contributed by atoms with E-state index in [0.29, 0.717) is 31.2 Å². The monoisotopic (exact) mass is 294 g/mol. The molecular formula is C16H23FN2O2. The Balaban J connectivity index is 1.83. The van der Waals surface area contributed by atoms with Crippen molar-refractivity contribution in [2.45, 2.75) is 26.2 Å². The summed E-state index contributed by atoms with van der Waals surface area (Å²) in [4.78, 5) is 12.1. The van der Waals surface area contributed by atoms with Crippen molar-refractivity contribution in [1.29, 1.82) is 0 Å². The van der Waals surface area contributed by atoms with Gasteiger partial charge in [-0.2, -0.15) is 0 Å². The number of benzene rings is 1. The van der Waals surface area contributed by atoms with Crippen molar-refractivity contribution in [1.82, 2.24) is 5.32 Å². The molecule has 0 unspecified atom stereocenters. The molecule has 1 aromatic rings. The van der Waals surface area contributed by atoms with E-state index in [4.69, 9.17) is 4.74 Å². The zero-order valence-electron chi connectivity index (χ0n) is 12.5. The minimum atomic E-state index is -0.402. The lowest BCUT2D eigenvalue weighted by atomic mass is 10.1. The number of carbonyl (C=O) groups is 1. The average Bonchev–Trinajstić information content (AvgIpc) is 3.29. The van der Waals surface area contributed by atoms with E-state index in [-0.39, 0.29) is 11.6 Å². The van der Waals surface area contributed by atoms with Gasteiger partial charge in [-0.25, -0.2) is 4.39 Å². The molecule has 21 heavy (non-hydrogen) atoms. The molecule has 0 bridgehead atoms. The van der Waals surface area contributed by atoms with Crippen LogP contribution in [0.5, 0.6) is 0 Å². The number of nitrogens with one attached hydrogen (secondary N) is 2. The Hall–Kier alpha value is -1.62. The van der Waals surface area contributed by atoms with Crippen molar-refractivity contribution in [3.05, 3.63) is 29.6 Å². The maximum atomic E-state index is 13.8. The molecule has 1 fully saturated rings. The van der Waals surface area contributed by atoms with Gasteiger partial charge >= 0.3 is 0 Å². The molecule has 4 nitrogen and oxygen atoms in total. The summed E-state index contributed by atoms with van der Waals surface area (Å²) in [6.45, 7) is 4.33. The lowest BCUT2D eigenvalue weighted by Crippen LogP contribution is -2.28. The number of carbonyl (C=O) groups excluding carboxylic acids is 1. The van der Waals surface area contributed by atoms with Gasteiger partial charge in [-0.1, -0.05) is 13.0 Å². The molecule has 0 spiro atoms. The first-order valence-electron chi connectivity index (χ1n) is 7.60. The Morgan fingerprint density at radius 2 is 2.19 bits per heavy atom. The normalized spacial score (nSPS) is 14.0. The zero-order chi connectivity index (χ0) is 15.1. The van der Waals surface area contributed by atoms with E-state index in [9.17, 15) is 9.18 Å². The predicted molar refractivity (Wildman–Crippen MR) is 81.1 cm³/mol. The summed E-state index contributed by atoms with van der Waals surface area (Å²) >= 11 is 0. The van der Waals surface area contributed by atoms with E-state index < -0.39 is 5.82 Å². The molecule has 2 N–H and O–H groups in total. The zero-order valence-corrected chi connectivity index (χ0v) is 12.5. The highest BCUT2D eigenvalue weighted by molar-refractivity contribution is 5.99. The molecule has 0 aromatic heterocycles. The highest BCUT2D eigenvalue weighted by atomic mass is 19.1. The van der Waals surface area contributed by atoms with Crippen LogP contribution in [0.3, 0.4) is 0 Å². The molecule has 2 rings (SSSR count). The smallest absolute Gasteiger partial charge is 0.253 e. The van der Waals surface area contributed by atoms with Crippen molar-refractivity contribution in [2.75, 3.05) is 31.6 Å². The maximum absolute atomic E-state index is 13.8. The molecule has 0 atom stereocenters. The van der Waals surface area contributed by atoms with E-state index in [2.05, 4.69) is 10.6 Å². The summed E-state index contributed by atoms with van der Waals surface area (Å²) in [5.74, 6) is 0.0398. The summed E-state index contributed by atoms with van der Waals surface area (Å²) in [6, 6.07) is 4.53. The molecule has 0 heterocycles. The summed E-state index contributed by atoms with van der Waals surface area (Å²) in [7, 11) is 0. The van der Waals surface area contributed by atoms with Crippen LogP contribution in [0.2, 0.25) is 0 Å². The van der Waals surface area contributed by atoms with E-state index in [1.54, 1.807) is 12.1 Å². The van der Waals surface area contributed by atoms with Crippen molar-refractivity contribution in [3.63, 3.8) is 0 Å². The second-order valence-corrected chi connectivity index (χ2v) is 5.36. The van der Waals surface area contributed by atoms with Gasteiger partial charge in [-0.15, -0.1) is 0 Å². The quantitative estimate of drug-likeness (QED) is 0.689. The van der Waals surface area contributed by atoms with E-state index in [1.807, 2.05) is 6.92 Å². The lowest BCUT2D eigenvalue weighted by Gasteiger charge is -2.12. The number of anilines is 1. The van der Waals surface area contributed by atoms with Crippen molar-refractivity contribution in [2.24, 2.45) is 5.92 Å². The van der Waals surface area contributed by atoms with Gasteiger partial charge < -0.3 is 15.4 Å². The van der Waals surface area contributed by atoms with Crippen LogP contribution >= 0.6 is 0 Å². The second kappa shape index (κ2) is 7.98. The minimum Gasteiger partial charge on any atom is -0.382 e. The van der Waals surface area contributed by atoms with Crippen LogP contribution in [-0.2, 0) is 4.74 Å². The first-order chi connectivity index (χ1) is 10.2. The predicted octanol–water partition coefficient (Wildman–Crippen LogP) is 2.80. The third kappa shape index (κ3) is 5.01. The van der Waals surface area contributed by atoms with Crippen LogP contribution in [0.25, 0.3) is 0 Å². The minimum absolute atomic E-state index is 0.274. The number of para-hydroxylation sites is 1.